The molecule has 5 heteroatoms. The van der Waals surface area contributed by atoms with Crippen LogP contribution in [0.5, 0.6) is 0 Å². The van der Waals surface area contributed by atoms with Crippen LogP contribution < -0.4 is 10.6 Å². The van der Waals surface area contributed by atoms with Crippen molar-refractivity contribution in [3.63, 3.8) is 0 Å². The van der Waals surface area contributed by atoms with Crippen LogP contribution in [-0.2, 0) is 22.4 Å². The maximum Gasteiger partial charge on any atom is 0.263 e. The van der Waals surface area contributed by atoms with Gasteiger partial charge in [0.05, 0.1) is 6.61 Å². The van der Waals surface area contributed by atoms with Crippen molar-refractivity contribution in [2.45, 2.75) is 26.7 Å². The largest absolute Gasteiger partial charge is 0.383 e. The quantitative estimate of drug-likeness (QED) is 0.439. The molecule has 0 atom stereocenters. The second kappa shape index (κ2) is 9.59. The Hall–Kier alpha value is -2.32. The molecule has 1 rings (SSSR count). The van der Waals surface area contributed by atoms with E-state index in [2.05, 4.69) is 24.5 Å². The number of nitrogens with zero attached hydrogens (tertiary/aromatic N) is 1. The van der Waals surface area contributed by atoms with Gasteiger partial charge in [-0.1, -0.05) is 32.0 Å². The molecule has 1 aromatic carbocycles. The number of hydrogen-bond acceptors (Lipinski definition) is 4. The molecule has 0 saturated heterocycles. The van der Waals surface area contributed by atoms with Crippen LogP contribution in [0.25, 0.3) is 0 Å². The summed E-state index contributed by atoms with van der Waals surface area (Å²) >= 11 is 0. The van der Waals surface area contributed by atoms with Gasteiger partial charge in [0.2, 0.25) is 0 Å². The molecule has 2 N–H and O–H groups in total. The van der Waals surface area contributed by atoms with E-state index < -0.39 is 5.91 Å². The number of amides is 1. The van der Waals surface area contributed by atoms with Gasteiger partial charge >= 0.3 is 0 Å². The molecule has 0 unspecified atom stereocenters. The van der Waals surface area contributed by atoms with Crippen LogP contribution in [0.1, 0.15) is 25.0 Å². The Morgan fingerprint density at radius 1 is 1.32 bits per heavy atom. The third kappa shape index (κ3) is 4.90. The topological polar surface area (TPSA) is 74.2 Å². The number of anilines is 1. The van der Waals surface area contributed by atoms with Gasteiger partial charge in [-0.05, 0) is 24.0 Å². The summed E-state index contributed by atoms with van der Waals surface area (Å²) in [6, 6.07) is 8.03. The van der Waals surface area contributed by atoms with Crippen molar-refractivity contribution >= 4 is 11.6 Å². The lowest BCUT2D eigenvalue weighted by Gasteiger charge is -2.13. The van der Waals surface area contributed by atoms with E-state index in [1.807, 2.05) is 24.3 Å². The van der Waals surface area contributed by atoms with Crippen molar-refractivity contribution in [3.8, 4) is 6.07 Å². The monoisotopic (exact) mass is 301 g/mol. The fourth-order valence-electron chi connectivity index (χ4n) is 2.08. The highest BCUT2D eigenvalue weighted by Gasteiger charge is 2.09. The van der Waals surface area contributed by atoms with Crippen molar-refractivity contribution in [2.75, 3.05) is 25.6 Å². The molecule has 0 heterocycles. The van der Waals surface area contributed by atoms with Crippen LogP contribution in [0.4, 0.5) is 5.69 Å². The Bertz CT molecular complexity index is 552. The van der Waals surface area contributed by atoms with Gasteiger partial charge in [0.25, 0.3) is 5.91 Å². The van der Waals surface area contributed by atoms with Crippen molar-refractivity contribution in [2.24, 2.45) is 0 Å². The SMILES string of the molecule is CCc1cccc(CC)c1N/C=C(/C#N)C(=O)NCCOC. The fourth-order valence-corrected chi connectivity index (χ4v) is 2.08. The smallest absolute Gasteiger partial charge is 0.263 e. The van der Waals surface area contributed by atoms with Crippen LogP contribution in [-0.4, -0.2) is 26.2 Å². The molecule has 0 spiro atoms. The number of ether oxygens (including phenoxy) is 1. The molecule has 0 radical (unpaired) electrons. The van der Waals surface area contributed by atoms with Crippen molar-refractivity contribution < 1.29 is 9.53 Å². The van der Waals surface area contributed by atoms with Crippen molar-refractivity contribution in [3.05, 3.63) is 41.1 Å². The summed E-state index contributed by atoms with van der Waals surface area (Å²) in [6.07, 6.45) is 3.23. The van der Waals surface area contributed by atoms with Gasteiger partial charge in [-0.15, -0.1) is 0 Å². The molecule has 118 valence electrons. The Labute approximate surface area is 132 Å². The number of nitrogens with one attached hydrogen (secondary N) is 2. The third-order valence-corrected chi connectivity index (χ3v) is 3.32. The number of para-hydroxylation sites is 1. The van der Waals surface area contributed by atoms with E-state index in [-0.39, 0.29) is 5.57 Å². The lowest BCUT2D eigenvalue weighted by molar-refractivity contribution is -0.117. The lowest BCUT2D eigenvalue weighted by Crippen LogP contribution is -2.28. The molecule has 0 aliphatic carbocycles. The number of hydrogen-bond donors (Lipinski definition) is 2. The normalized spacial score (nSPS) is 10.9. The minimum atomic E-state index is -0.404. The maximum atomic E-state index is 11.9. The molecule has 22 heavy (non-hydrogen) atoms. The Morgan fingerprint density at radius 2 is 1.95 bits per heavy atom. The first-order valence-corrected chi connectivity index (χ1v) is 7.42. The van der Waals surface area contributed by atoms with Gasteiger partial charge in [-0.25, -0.2) is 0 Å². The fraction of sp³-hybridized carbons (Fsp3) is 0.412. The Kier molecular flexibility index (Phi) is 7.73. The number of carbonyl (C=O) groups is 1. The molecule has 0 saturated carbocycles. The standard InChI is InChI=1S/C17H23N3O2/c1-4-13-7-6-8-14(5-2)16(13)20-12-15(11-18)17(21)19-9-10-22-3/h6-8,12,20H,4-5,9-10H2,1-3H3,(H,19,21)/b15-12-. The number of aryl methyl sites for hydroxylation is 2. The summed E-state index contributed by atoms with van der Waals surface area (Å²) < 4.78 is 4.86. The van der Waals surface area contributed by atoms with Crippen molar-refractivity contribution in [1.82, 2.24) is 5.32 Å². The minimum absolute atomic E-state index is 0.0454. The average Bonchev–Trinajstić information content (AvgIpc) is 2.55. The molecule has 0 aromatic heterocycles. The van der Waals surface area contributed by atoms with Gasteiger partial charge in [-0.2, -0.15) is 5.26 Å². The highest BCUT2D eigenvalue weighted by Crippen LogP contribution is 2.22. The van der Waals surface area contributed by atoms with E-state index in [1.165, 1.54) is 6.20 Å². The summed E-state index contributed by atoms with van der Waals surface area (Å²) in [7, 11) is 1.56. The van der Waals surface area contributed by atoms with Gasteiger partial charge in [0.1, 0.15) is 11.6 Å². The van der Waals surface area contributed by atoms with Crippen molar-refractivity contribution in [1.29, 1.82) is 5.26 Å². The zero-order chi connectivity index (χ0) is 16.4. The molecule has 1 amide bonds. The molecule has 1 aromatic rings. The van der Waals surface area contributed by atoms with E-state index in [1.54, 1.807) is 7.11 Å². The summed E-state index contributed by atoms with van der Waals surface area (Å²) in [5.74, 6) is -0.404. The predicted octanol–water partition coefficient (Wildman–Crippen LogP) is 2.39. The van der Waals surface area contributed by atoms with E-state index in [0.717, 1.165) is 29.7 Å². The van der Waals surface area contributed by atoms with Crippen LogP contribution in [0, 0.1) is 11.3 Å². The summed E-state index contributed by atoms with van der Waals surface area (Å²) in [6.45, 7) is 4.94. The van der Waals surface area contributed by atoms with E-state index >= 15 is 0 Å². The number of methoxy groups -OCH3 is 1. The zero-order valence-corrected chi connectivity index (χ0v) is 13.4. The number of carbonyl (C=O) groups excluding carboxylic acids is 1. The van der Waals surface area contributed by atoms with Crippen LogP contribution in [0.15, 0.2) is 30.0 Å². The lowest BCUT2D eigenvalue weighted by atomic mass is 10.0. The van der Waals surface area contributed by atoms with Crippen LogP contribution >= 0.6 is 0 Å². The van der Waals surface area contributed by atoms with Gasteiger partial charge < -0.3 is 15.4 Å². The molecule has 0 aliphatic heterocycles. The summed E-state index contributed by atoms with van der Waals surface area (Å²) in [4.78, 5) is 11.9. The first-order valence-electron chi connectivity index (χ1n) is 7.42. The van der Waals surface area contributed by atoms with Gasteiger partial charge in [0, 0.05) is 25.5 Å². The summed E-state index contributed by atoms with van der Waals surface area (Å²) in [5, 5.41) is 14.9. The number of benzene rings is 1. The van der Waals surface area contributed by atoms with E-state index in [0.29, 0.717) is 13.2 Å². The van der Waals surface area contributed by atoms with Gasteiger partial charge in [-0.3, -0.25) is 4.79 Å². The van der Waals surface area contributed by atoms with Gasteiger partial charge in [0.15, 0.2) is 0 Å². The molecule has 0 aliphatic rings. The second-order valence-corrected chi connectivity index (χ2v) is 4.72. The Balaban J connectivity index is 2.89. The van der Waals surface area contributed by atoms with E-state index in [4.69, 9.17) is 10.00 Å². The highest BCUT2D eigenvalue weighted by atomic mass is 16.5. The zero-order valence-electron chi connectivity index (χ0n) is 13.4. The first kappa shape index (κ1) is 17.7. The third-order valence-electron chi connectivity index (χ3n) is 3.32. The average molecular weight is 301 g/mol. The number of nitriles is 1. The molecule has 0 bridgehead atoms. The van der Waals surface area contributed by atoms with Crippen LogP contribution in [0.2, 0.25) is 0 Å². The van der Waals surface area contributed by atoms with Crippen LogP contribution in [0.3, 0.4) is 0 Å². The minimum Gasteiger partial charge on any atom is -0.383 e. The Morgan fingerprint density at radius 3 is 2.45 bits per heavy atom. The molecular formula is C17H23N3O2. The van der Waals surface area contributed by atoms with E-state index in [9.17, 15) is 4.79 Å². The predicted molar refractivity (Wildman–Crippen MR) is 87.4 cm³/mol. The molecule has 5 nitrogen and oxygen atoms in total. The molecule has 0 fully saturated rings. The highest BCUT2D eigenvalue weighted by molar-refractivity contribution is 5.97. The maximum absolute atomic E-state index is 11.9. The molecular weight excluding hydrogens is 278 g/mol. The summed E-state index contributed by atoms with van der Waals surface area (Å²) in [5.41, 5.74) is 3.34. The first-order chi connectivity index (χ1) is 10.7. The second-order valence-electron chi connectivity index (χ2n) is 4.72. The number of rotatable bonds is 8.